The fourth-order valence-corrected chi connectivity index (χ4v) is 2.74. The molecule has 0 fully saturated rings. The van der Waals surface area contributed by atoms with Gasteiger partial charge in [-0.2, -0.15) is 0 Å². The molecule has 3 rings (SSSR count). The first-order chi connectivity index (χ1) is 13.6. The summed E-state index contributed by atoms with van der Waals surface area (Å²) in [5, 5.41) is 6.03. The molecular weight excluding hydrogens is 359 g/mol. The smallest absolute Gasteiger partial charge is 0.228 e. The van der Waals surface area contributed by atoms with Crippen LogP contribution >= 0.6 is 0 Å². The molecular formula is C22H21FN2O3. The number of carbonyl (C=O) groups excluding carboxylic acids is 1. The van der Waals surface area contributed by atoms with Crippen LogP contribution in [0.4, 0.5) is 21.5 Å². The van der Waals surface area contributed by atoms with E-state index in [1.54, 1.807) is 44.6 Å². The van der Waals surface area contributed by atoms with Gasteiger partial charge >= 0.3 is 0 Å². The third-order valence-electron chi connectivity index (χ3n) is 4.15. The molecule has 0 atom stereocenters. The monoisotopic (exact) mass is 380 g/mol. The number of methoxy groups -OCH3 is 2. The third-order valence-corrected chi connectivity index (χ3v) is 4.15. The van der Waals surface area contributed by atoms with Gasteiger partial charge in [0.15, 0.2) is 11.5 Å². The second-order valence-electron chi connectivity index (χ2n) is 6.09. The number of hydrogen-bond donors (Lipinski definition) is 2. The lowest BCUT2D eigenvalue weighted by Crippen LogP contribution is -2.15. The maximum atomic E-state index is 13.6. The second-order valence-corrected chi connectivity index (χ2v) is 6.09. The zero-order valence-electron chi connectivity index (χ0n) is 15.7. The Kier molecular flexibility index (Phi) is 6.11. The minimum atomic E-state index is -0.382. The second kappa shape index (κ2) is 8.90. The maximum absolute atomic E-state index is 13.6. The quantitative estimate of drug-likeness (QED) is 0.620. The van der Waals surface area contributed by atoms with Crippen molar-refractivity contribution in [3.8, 4) is 11.5 Å². The summed E-state index contributed by atoms with van der Waals surface area (Å²) in [5.41, 5.74) is 2.69. The SMILES string of the molecule is COc1ccc(Nc2ccc(NC(=O)Cc3ccccc3F)cc2)cc1OC. The van der Waals surface area contributed by atoms with Crippen LogP contribution in [0.15, 0.2) is 66.7 Å². The van der Waals surface area contributed by atoms with Gasteiger partial charge in [-0.1, -0.05) is 18.2 Å². The molecule has 2 N–H and O–H groups in total. The van der Waals surface area contributed by atoms with E-state index in [0.717, 1.165) is 11.4 Å². The number of anilines is 3. The summed E-state index contributed by atoms with van der Waals surface area (Å²) < 4.78 is 24.2. The number of amides is 1. The highest BCUT2D eigenvalue weighted by atomic mass is 19.1. The van der Waals surface area contributed by atoms with Crippen molar-refractivity contribution in [1.29, 1.82) is 0 Å². The molecule has 3 aromatic rings. The van der Waals surface area contributed by atoms with Crippen molar-refractivity contribution in [2.45, 2.75) is 6.42 Å². The highest BCUT2D eigenvalue weighted by molar-refractivity contribution is 5.92. The van der Waals surface area contributed by atoms with Crippen LogP contribution in [0.2, 0.25) is 0 Å². The first kappa shape index (κ1) is 19.2. The Bertz CT molecular complexity index is 958. The molecule has 0 saturated heterocycles. The van der Waals surface area contributed by atoms with E-state index in [1.165, 1.54) is 6.07 Å². The van der Waals surface area contributed by atoms with Crippen molar-refractivity contribution < 1.29 is 18.7 Å². The average molecular weight is 380 g/mol. The summed E-state index contributed by atoms with van der Waals surface area (Å²) in [7, 11) is 3.17. The summed E-state index contributed by atoms with van der Waals surface area (Å²) in [6.07, 6.45) is -0.0156. The first-order valence-electron chi connectivity index (χ1n) is 8.71. The highest BCUT2D eigenvalue weighted by Gasteiger charge is 2.08. The summed E-state index contributed by atoms with van der Waals surface area (Å²) in [5.74, 6) is 0.628. The van der Waals surface area contributed by atoms with Crippen molar-refractivity contribution in [3.05, 3.63) is 78.1 Å². The van der Waals surface area contributed by atoms with Gasteiger partial charge < -0.3 is 20.1 Å². The molecule has 0 aliphatic carbocycles. The molecule has 0 spiro atoms. The van der Waals surface area contributed by atoms with Gasteiger partial charge in [-0.25, -0.2) is 4.39 Å². The number of carbonyl (C=O) groups is 1. The van der Waals surface area contributed by atoms with E-state index in [9.17, 15) is 9.18 Å². The Balaban J connectivity index is 1.62. The number of hydrogen-bond acceptors (Lipinski definition) is 4. The minimum Gasteiger partial charge on any atom is -0.493 e. The van der Waals surface area contributed by atoms with Gasteiger partial charge in [-0.15, -0.1) is 0 Å². The van der Waals surface area contributed by atoms with Crippen LogP contribution in [0, 0.1) is 5.82 Å². The normalized spacial score (nSPS) is 10.2. The zero-order chi connectivity index (χ0) is 19.9. The van der Waals surface area contributed by atoms with Gasteiger partial charge in [0.25, 0.3) is 0 Å². The molecule has 5 nitrogen and oxygen atoms in total. The zero-order valence-corrected chi connectivity index (χ0v) is 15.7. The highest BCUT2D eigenvalue weighted by Crippen LogP contribution is 2.31. The van der Waals surface area contributed by atoms with Crippen molar-refractivity contribution in [2.75, 3.05) is 24.9 Å². The molecule has 144 valence electrons. The van der Waals surface area contributed by atoms with E-state index < -0.39 is 0 Å². The predicted octanol–water partition coefficient (Wildman–Crippen LogP) is 4.77. The Morgan fingerprint density at radius 1 is 0.857 bits per heavy atom. The number of ether oxygens (including phenoxy) is 2. The summed E-state index contributed by atoms with van der Waals surface area (Å²) in [6.45, 7) is 0. The summed E-state index contributed by atoms with van der Waals surface area (Å²) in [6, 6.07) is 19.0. The average Bonchev–Trinajstić information content (AvgIpc) is 2.71. The predicted molar refractivity (Wildman–Crippen MR) is 108 cm³/mol. The van der Waals surface area contributed by atoms with Crippen molar-refractivity contribution in [1.82, 2.24) is 0 Å². The molecule has 0 bridgehead atoms. The molecule has 0 saturated carbocycles. The maximum Gasteiger partial charge on any atom is 0.228 e. The molecule has 0 radical (unpaired) electrons. The fraction of sp³-hybridized carbons (Fsp3) is 0.136. The largest absolute Gasteiger partial charge is 0.493 e. The molecule has 0 aliphatic rings. The molecule has 0 aliphatic heterocycles. The van der Waals surface area contributed by atoms with Crippen LogP contribution < -0.4 is 20.1 Å². The van der Waals surface area contributed by atoms with Crippen molar-refractivity contribution >= 4 is 23.0 Å². The summed E-state index contributed by atoms with van der Waals surface area (Å²) in [4.78, 5) is 12.1. The van der Waals surface area contributed by atoms with Gasteiger partial charge in [0, 0.05) is 23.1 Å². The standard InChI is InChI=1S/C22H21FN2O3/c1-27-20-12-11-18(14-21(20)28-2)24-16-7-9-17(10-8-16)25-22(26)13-15-5-3-4-6-19(15)23/h3-12,14,24H,13H2,1-2H3,(H,25,26). The number of rotatable bonds is 7. The lowest BCUT2D eigenvalue weighted by molar-refractivity contribution is -0.115. The third kappa shape index (κ3) is 4.79. The number of halogens is 1. The van der Waals surface area contributed by atoms with Crippen LogP contribution in [-0.2, 0) is 11.2 Å². The van der Waals surface area contributed by atoms with E-state index in [2.05, 4.69) is 10.6 Å². The van der Waals surface area contributed by atoms with Gasteiger partial charge in [0.1, 0.15) is 5.82 Å². The van der Waals surface area contributed by atoms with E-state index in [-0.39, 0.29) is 18.1 Å². The van der Waals surface area contributed by atoms with Gasteiger partial charge in [-0.3, -0.25) is 4.79 Å². The van der Waals surface area contributed by atoms with Gasteiger partial charge in [0.2, 0.25) is 5.91 Å². The molecule has 0 aromatic heterocycles. The molecule has 28 heavy (non-hydrogen) atoms. The van der Waals surface area contributed by atoms with Crippen LogP contribution in [0.1, 0.15) is 5.56 Å². The molecule has 3 aromatic carbocycles. The van der Waals surface area contributed by atoms with Crippen LogP contribution in [0.25, 0.3) is 0 Å². The number of benzene rings is 3. The number of nitrogens with one attached hydrogen (secondary N) is 2. The van der Waals surface area contributed by atoms with Crippen LogP contribution in [-0.4, -0.2) is 20.1 Å². The Hall–Kier alpha value is -3.54. The molecule has 0 unspecified atom stereocenters. The molecule has 1 amide bonds. The van der Waals surface area contributed by atoms with Crippen molar-refractivity contribution in [3.63, 3.8) is 0 Å². The first-order valence-corrected chi connectivity index (χ1v) is 8.71. The topological polar surface area (TPSA) is 59.6 Å². The molecule has 6 heteroatoms. The van der Waals surface area contributed by atoms with Crippen LogP contribution in [0.3, 0.4) is 0 Å². The Labute approximate surface area is 163 Å². The Morgan fingerprint density at radius 2 is 1.50 bits per heavy atom. The lowest BCUT2D eigenvalue weighted by atomic mass is 10.1. The summed E-state index contributed by atoms with van der Waals surface area (Å²) >= 11 is 0. The van der Waals surface area contributed by atoms with Gasteiger partial charge in [-0.05, 0) is 48.0 Å². The Morgan fingerprint density at radius 3 is 2.18 bits per heavy atom. The molecule has 0 heterocycles. The van der Waals surface area contributed by atoms with E-state index >= 15 is 0 Å². The van der Waals surface area contributed by atoms with E-state index in [4.69, 9.17) is 9.47 Å². The van der Waals surface area contributed by atoms with Crippen LogP contribution in [0.5, 0.6) is 11.5 Å². The van der Waals surface area contributed by atoms with Crippen molar-refractivity contribution in [2.24, 2.45) is 0 Å². The lowest BCUT2D eigenvalue weighted by Gasteiger charge is -2.12. The minimum absolute atomic E-state index is 0.0156. The fourth-order valence-electron chi connectivity index (χ4n) is 2.74. The van der Waals surface area contributed by atoms with E-state index in [0.29, 0.717) is 22.7 Å². The van der Waals surface area contributed by atoms with E-state index in [1.807, 2.05) is 30.3 Å². The van der Waals surface area contributed by atoms with Gasteiger partial charge in [0.05, 0.1) is 20.6 Å².